The molecular formula is C19H31IN4O2. The topological polar surface area (TPSA) is 74.8 Å². The fourth-order valence-electron chi connectivity index (χ4n) is 2.59. The number of aryl methyl sites for hydroxylation is 1. The molecular weight excluding hydrogens is 443 g/mol. The van der Waals surface area contributed by atoms with Crippen LogP contribution in [0.5, 0.6) is 5.75 Å². The van der Waals surface area contributed by atoms with Crippen molar-refractivity contribution in [3.63, 3.8) is 0 Å². The van der Waals surface area contributed by atoms with Crippen LogP contribution in [-0.2, 0) is 11.2 Å². The lowest BCUT2D eigenvalue weighted by atomic mass is 10.1. The number of carbonyl (C=O) groups excluding carboxylic acids is 1. The maximum atomic E-state index is 11.6. The van der Waals surface area contributed by atoms with Crippen molar-refractivity contribution in [3.05, 3.63) is 29.3 Å². The predicted octanol–water partition coefficient (Wildman–Crippen LogP) is 2.25. The van der Waals surface area contributed by atoms with Crippen molar-refractivity contribution in [2.75, 3.05) is 33.3 Å². The molecule has 1 aromatic carbocycles. The van der Waals surface area contributed by atoms with E-state index >= 15 is 0 Å². The van der Waals surface area contributed by atoms with Crippen LogP contribution in [0.3, 0.4) is 0 Å². The first-order chi connectivity index (χ1) is 12.1. The Labute approximate surface area is 173 Å². The van der Waals surface area contributed by atoms with Gasteiger partial charge in [-0.3, -0.25) is 9.79 Å². The van der Waals surface area contributed by atoms with Crippen LogP contribution < -0.4 is 20.7 Å². The van der Waals surface area contributed by atoms with E-state index in [2.05, 4.69) is 33.9 Å². The Kier molecular flexibility index (Phi) is 10.4. The van der Waals surface area contributed by atoms with E-state index in [1.165, 1.54) is 11.1 Å². The van der Waals surface area contributed by atoms with Gasteiger partial charge in [-0.2, -0.15) is 0 Å². The molecule has 2 rings (SSSR count). The van der Waals surface area contributed by atoms with Crippen LogP contribution in [0.1, 0.15) is 30.9 Å². The number of carbonyl (C=O) groups is 1. The van der Waals surface area contributed by atoms with Gasteiger partial charge in [0.2, 0.25) is 5.91 Å². The van der Waals surface area contributed by atoms with Crippen molar-refractivity contribution in [2.24, 2.45) is 10.9 Å². The minimum Gasteiger partial charge on any atom is -0.496 e. The Balaban J connectivity index is 0.00000338. The zero-order chi connectivity index (χ0) is 18.1. The Bertz CT molecular complexity index is 603. The number of guanidine groups is 1. The number of aliphatic imine (C=N–C) groups is 1. The number of halogens is 1. The van der Waals surface area contributed by atoms with Crippen molar-refractivity contribution in [3.8, 4) is 5.75 Å². The molecule has 1 fully saturated rings. The number of nitrogens with one attached hydrogen (secondary N) is 3. The zero-order valence-corrected chi connectivity index (χ0v) is 18.3. The molecule has 1 aliphatic carbocycles. The molecule has 3 N–H and O–H groups in total. The molecule has 0 heterocycles. The molecule has 1 aliphatic rings. The number of ether oxygens (including phenoxy) is 1. The molecule has 0 saturated heterocycles. The Morgan fingerprint density at radius 1 is 1.23 bits per heavy atom. The van der Waals surface area contributed by atoms with Crippen molar-refractivity contribution < 1.29 is 9.53 Å². The first kappa shape index (κ1) is 22.5. The Morgan fingerprint density at radius 3 is 2.62 bits per heavy atom. The number of benzene rings is 1. The molecule has 0 unspecified atom stereocenters. The predicted molar refractivity (Wildman–Crippen MR) is 117 cm³/mol. The molecule has 1 saturated carbocycles. The molecule has 0 radical (unpaired) electrons. The van der Waals surface area contributed by atoms with E-state index in [9.17, 15) is 4.79 Å². The molecule has 0 spiro atoms. The maximum absolute atomic E-state index is 11.6. The van der Waals surface area contributed by atoms with Gasteiger partial charge < -0.3 is 20.7 Å². The molecule has 1 amide bonds. The van der Waals surface area contributed by atoms with E-state index in [1.54, 1.807) is 7.11 Å². The maximum Gasteiger partial charge on any atom is 0.223 e. The van der Waals surface area contributed by atoms with Gasteiger partial charge in [0.1, 0.15) is 5.75 Å². The molecule has 0 atom stereocenters. The van der Waals surface area contributed by atoms with Gasteiger partial charge >= 0.3 is 0 Å². The Hall–Kier alpha value is -1.51. The molecule has 6 nitrogen and oxygen atoms in total. The molecule has 0 aliphatic heterocycles. The molecule has 0 bridgehead atoms. The van der Waals surface area contributed by atoms with Crippen LogP contribution in [-0.4, -0.2) is 45.2 Å². The van der Waals surface area contributed by atoms with Crippen LogP contribution in [0, 0.1) is 12.8 Å². The summed E-state index contributed by atoms with van der Waals surface area (Å²) in [6.45, 7) is 6.87. The first-order valence-electron chi connectivity index (χ1n) is 9.07. The summed E-state index contributed by atoms with van der Waals surface area (Å²) >= 11 is 0. The fourth-order valence-corrected chi connectivity index (χ4v) is 2.59. The quantitative estimate of drug-likeness (QED) is 0.222. The summed E-state index contributed by atoms with van der Waals surface area (Å²) in [7, 11) is 1.69. The van der Waals surface area contributed by atoms with Gasteiger partial charge in [0, 0.05) is 32.1 Å². The number of amides is 1. The summed E-state index contributed by atoms with van der Waals surface area (Å²) < 4.78 is 5.41. The van der Waals surface area contributed by atoms with Crippen molar-refractivity contribution in [1.29, 1.82) is 0 Å². The third-order valence-electron chi connectivity index (χ3n) is 4.10. The zero-order valence-electron chi connectivity index (χ0n) is 15.9. The van der Waals surface area contributed by atoms with Crippen LogP contribution in [0.15, 0.2) is 23.2 Å². The van der Waals surface area contributed by atoms with E-state index in [1.807, 2.05) is 19.1 Å². The fraction of sp³-hybridized carbons (Fsp3) is 0.579. The molecule has 7 heteroatoms. The van der Waals surface area contributed by atoms with E-state index in [4.69, 9.17) is 4.74 Å². The SMILES string of the molecule is CCNC(=NCCc1cc(C)ccc1OC)NCCNC(=O)C1CC1.I. The second kappa shape index (κ2) is 12.0. The summed E-state index contributed by atoms with van der Waals surface area (Å²) in [5.41, 5.74) is 2.38. The minimum absolute atomic E-state index is 0. The van der Waals surface area contributed by atoms with Crippen molar-refractivity contribution in [2.45, 2.75) is 33.1 Å². The smallest absolute Gasteiger partial charge is 0.223 e. The Morgan fingerprint density at radius 2 is 1.96 bits per heavy atom. The summed E-state index contributed by atoms with van der Waals surface area (Å²) in [5.74, 6) is 2.11. The van der Waals surface area contributed by atoms with Crippen molar-refractivity contribution in [1.82, 2.24) is 16.0 Å². The lowest BCUT2D eigenvalue weighted by Crippen LogP contribution is -2.41. The third-order valence-corrected chi connectivity index (χ3v) is 4.10. The average Bonchev–Trinajstić information content (AvgIpc) is 3.43. The lowest BCUT2D eigenvalue weighted by Gasteiger charge is -2.12. The average molecular weight is 474 g/mol. The van der Waals surface area contributed by atoms with E-state index < -0.39 is 0 Å². The van der Waals surface area contributed by atoms with Gasteiger partial charge in [-0.15, -0.1) is 24.0 Å². The summed E-state index contributed by atoms with van der Waals surface area (Å²) in [6.07, 6.45) is 2.89. The van der Waals surface area contributed by atoms with E-state index in [-0.39, 0.29) is 35.8 Å². The van der Waals surface area contributed by atoms with Crippen LogP contribution in [0.4, 0.5) is 0 Å². The number of hydrogen-bond acceptors (Lipinski definition) is 3. The highest BCUT2D eigenvalue weighted by atomic mass is 127. The summed E-state index contributed by atoms with van der Waals surface area (Å²) in [5, 5.41) is 9.43. The highest BCUT2D eigenvalue weighted by molar-refractivity contribution is 14.0. The lowest BCUT2D eigenvalue weighted by molar-refractivity contribution is -0.122. The molecule has 26 heavy (non-hydrogen) atoms. The van der Waals surface area contributed by atoms with Gasteiger partial charge in [0.15, 0.2) is 5.96 Å². The number of methoxy groups -OCH3 is 1. The molecule has 146 valence electrons. The van der Waals surface area contributed by atoms with E-state index in [0.717, 1.165) is 37.5 Å². The first-order valence-corrected chi connectivity index (χ1v) is 9.07. The monoisotopic (exact) mass is 474 g/mol. The summed E-state index contributed by atoms with van der Waals surface area (Å²) in [6, 6.07) is 6.19. The van der Waals surface area contributed by atoms with Crippen LogP contribution >= 0.6 is 24.0 Å². The number of hydrogen-bond donors (Lipinski definition) is 3. The van der Waals surface area contributed by atoms with Crippen LogP contribution in [0.25, 0.3) is 0 Å². The van der Waals surface area contributed by atoms with Gasteiger partial charge in [0.25, 0.3) is 0 Å². The van der Waals surface area contributed by atoms with Gasteiger partial charge in [0.05, 0.1) is 7.11 Å². The number of rotatable bonds is 9. The number of nitrogens with zero attached hydrogens (tertiary/aromatic N) is 1. The van der Waals surface area contributed by atoms with Crippen molar-refractivity contribution >= 4 is 35.8 Å². The standard InChI is InChI=1S/C19H30N4O2.HI/c1-4-20-19(23-12-11-21-18(24)15-6-7-15)22-10-9-16-13-14(2)5-8-17(16)25-3;/h5,8,13,15H,4,6-7,9-12H2,1-3H3,(H,21,24)(H2,20,22,23);1H. The minimum atomic E-state index is 0. The van der Waals surface area contributed by atoms with Gasteiger partial charge in [-0.1, -0.05) is 17.7 Å². The van der Waals surface area contributed by atoms with E-state index in [0.29, 0.717) is 19.6 Å². The summed E-state index contributed by atoms with van der Waals surface area (Å²) in [4.78, 5) is 16.2. The molecule has 1 aromatic rings. The largest absolute Gasteiger partial charge is 0.496 e. The van der Waals surface area contributed by atoms with Gasteiger partial charge in [-0.25, -0.2) is 0 Å². The van der Waals surface area contributed by atoms with Crippen LogP contribution in [0.2, 0.25) is 0 Å². The second-order valence-electron chi connectivity index (χ2n) is 6.32. The highest BCUT2D eigenvalue weighted by Crippen LogP contribution is 2.28. The van der Waals surface area contributed by atoms with Gasteiger partial charge in [-0.05, 0) is 44.7 Å². The normalized spacial score (nSPS) is 13.6. The molecule has 0 aromatic heterocycles. The third kappa shape index (κ3) is 7.80. The second-order valence-corrected chi connectivity index (χ2v) is 6.32. The highest BCUT2D eigenvalue weighted by Gasteiger charge is 2.28.